The minimum atomic E-state index is -0.361. The van der Waals surface area contributed by atoms with E-state index in [9.17, 15) is 4.79 Å². The van der Waals surface area contributed by atoms with Crippen LogP contribution in [0.25, 0.3) is 0 Å². The Morgan fingerprint density at radius 1 is 1.33 bits per heavy atom. The molecule has 0 spiro atoms. The minimum absolute atomic E-state index is 0.207. The third-order valence-electron chi connectivity index (χ3n) is 1.34. The largest absolute Gasteiger partial charge is 0.322 e. The van der Waals surface area contributed by atoms with Crippen LogP contribution in [0.5, 0.6) is 0 Å². The van der Waals surface area contributed by atoms with E-state index in [2.05, 4.69) is 5.10 Å². The van der Waals surface area contributed by atoms with Crippen LogP contribution in [0.4, 0.5) is 0 Å². The normalized spacial score (nSPS) is 11.2. The van der Waals surface area contributed by atoms with Gasteiger partial charge in [-0.2, -0.15) is 5.10 Å². The van der Waals surface area contributed by atoms with E-state index in [0.717, 1.165) is 0 Å². The summed E-state index contributed by atoms with van der Waals surface area (Å²) in [6, 6.07) is 8.60. The topological polar surface area (TPSA) is 55.4 Å². The molecule has 0 bridgehead atoms. The molecular formula is C8H7ClN2O. The van der Waals surface area contributed by atoms with E-state index >= 15 is 0 Å². The van der Waals surface area contributed by atoms with E-state index in [1.54, 1.807) is 24.3 Å². The Hall–Kier alpha value is -1.35. The second kappa shape index (κ2) is 3.88. The van der Waals surface area contributed by atoms with Crippen molar-refractivity contribution in [2.75, 3.05) is 0 Å². The van der Waals surface area contributed by atoms with Crippen LogP contribution in [0.1, 0.15) is 10.4 Å². The van der Waals surface area contributed by atoms with E-state index in [1.807, 2.05) is 6.07 Å². The van der Waals surface area contributed by atoms with Crippen molar-refractivity contribution in [1.29, 1.82) is 0 Å². The first kappa shape index (κ1) is 8.74. The molecule has 0 atom stereocenters. The van der Waals surface area contributed by atoms with Crippen LogP contribution in [0.2, 0.25) is 0 Å². The summed E-state index contributed by atoms with van der Waals surface area (Å²) in [4.78, 5) is 11.2. The van der Waals surface area contributed by atoms with Gasteiger partial charge in [0.15, 0.2) is 5.17 Å². The lowest BCUT2D eigenvalue weighted by molar-refractivity contribution is 0.106. The fourth-order valence-electron chi connectivity index (χ4n) is 0.767. The third kappa shape index (κ3) is 1.83. The van der Waals surface area contributed by atoms with Crippen molar-refractivity contribution in [1.82, 2.24) is 0 Å². The van der Waals surface area contributed by atoms with Gasteiger partial charge in [0.25, 0.3) is 0 Å². The van der Waals surface area contributed by atoms with Gasteiger partial charge in [-0.05, 0) is 0 Å². The first-order valence-corrected chi connectivity index (χ1v) is 3.66. The summed E-state index contributed by atoms with van der Waals surface area (Å²) >= 11 is 5.43. The molecule has 0 saturated heterocycles. The van der Waals surface area contributed by atoms with Gasteiger partial charge < -0.3 is 5.84 Å². The van der Waals surface area contributed by atoms with Gasteiger partial charge in [0.2, 0.25) is 5.78 Å². The lowest BCUT2D eigenvalue weighted by atomic mass is 10.1. The van der Waals surface area contributed by atoms with Crippen molar-refractivity contribution in [3.8, 4) is 0 Å². The lowest BCUT2D eigenvalue weighted by Gasteiger charge is -1.95. The maximum Gasteiger partial charge on any atom is 0.224 e. The van der Waals surface area contributed by atoms with Gasteiger partial charge in [-0.3, -0.25) is 4.79 Å². The van der Waals surface area contributed by atoms with Crippen molar-refractivity contribution in [2.45, 2.75) is 0 Å². The number of Topliss-reactive ketones (excluding diaryl/α,β-unsaturated/α-hetero) is 1. The van der Waals surface area contributed by atoms with Crippen LogP contribution < -0.4 is 5.84 Å². The second-order valence-electron chi connectivity index (χ2n) is 2.12. The molecular weight excluding hydrogens is 176 g/mol. The van der Waals surface area contributed by atoms with Crippen molar-refractivity contribution < 1.29 is 4.79 Å². The molecule has 1 rings (SSSR count). The SMILES string of the molecule is N/N=C(/Cl)C(=O)c1ccccc1. The van der Waals surface area contributed by atoms with Crippen LogP contribution in [0.3, 0.4) is 0 Å². The van der Waals surface area contributed by atoms with Crippen LogP contribution in [-0.2, 0) is 0 Å². The average molecular weight is 183 g/mol. The first-order valence-electron chi connectivity index (χ1n) is 3.29. The molecule has 0 aliphatic heterocycles. The Bertz CT molecular complexity index is 308. The highest BCUT2D eigenvalue weighted by Gasteiger charge is 2.09. The second-order valence-corrected chi connectivity index (χ2v) is 2.47. The Morgan fingerprint density at radius 3 is 2.42 bits per heavy atom. The quantitative estimate of drug-likeness (QED) is 0.325. The zero-order valence-corrected chi connectivity index (χ0v) is 6.95. The van der Waals surface area contributed by atoms with E-state index in [-0.39, 0.29) is 11.0 Å². The third-order valence-corrected chi connectivity index (χ3v) is 1.61. The number of carbonyl (C=O) groups is 1. The van der Waals surface area contributed by atoms with Crippen LogP contribution in [0, 0.1) is 0 Å². The molecule has 0 fully saturated rings. The minimum Gasteiger partial charge on any atom is -0.322 e. The number of nitrogens with two attached hydrogens (primary N) is 1. The van der Waals surface area contributed by atoms with Gasteiger partial charge in [0.1, 0.15) is 0 Å². The summed E-state index contributed by atoms with van der Waals surface area (Å²) in [5, 5.41) is 2.89. The maximum atomic E-state index is 11.2. The summed E-state index contributed by atoms with van der Waals surface area (Å²) in [6.45, 7) is 0. The highest BCUT2D eigenvalue weighted by Crippen LogP contribution is 2.02. The Labute approximate surface area is 74.8 Å². The fraction of sp³-hybridized carbons (Fsp3) is 0. The molecule has 4 heteroatoms. The maximum absolute atomic E-state index is 11.2. The molecule has 0 aliphatic carbocycles. The number of benzene rings is 1. The number of hydrazone groups is 1. The predicted octanol–water partition coefficient (Wildman–Crippen LogP) is 1.38. The highest BCUT2D eigenvalue weighted by atomic mass is 35.5. The van der Waals surface area contributed by atoms with Gasteiger partial charge in [-0.15, -0.1) is 0 Å². The highest BCUT2D eigenvalue weighted by molar-refractivity contribution is 6.84. The fourth-order valence-corrected chi connectivity index (χ4v) is 0.876. The van der Waals surface area contributed by atoms with E-state index < -0.39 is 0 Å². The van der Waals surface area contributed by atoms with Crippen LogP contribution >= 0.6 is 11.6 Å². The number of ketones is 1. The zero-order valence-electron chi connectivity index (χ0n) is 6.20. The number of rotatable bonds is 2. The van der Waals surface area contributed by atoms with Crippen molar-refractivity contribution in [3.63, 3.8) is 0 Å². The molecule has 0 unspecified atom stereocenters. The summed E-state index contributed by atoms with van der Waals surface area (Å²) < 4.78 is 0. The molecule has 0 amide bonds. The Kier molecular flexibility index (Phi) is 2.82. The molecule has 0 heterocycles. The predicted molar refractivity (Wildman–Crippen MR) is 48.2 cm³/mol. The first-order chi connectivity index (χ1) is 5.75. The molecule has 1 aromatic carbocycles. The summed E-state index contributed by atoms with van der Waals surface area (Å²) in [5.74, 6) is 4.48. The van der Waals surface area contributed by atoms with Crippen LogP contribution in [0.15, 0.2) is 35.4 Å². The molecule has 0 aromatic heterocycles. The van der Waals surface area contributed by atoms with Gasteiger partial charge in [0.05, 0.1) is 0 Å². The summed E-state index contributed by atoms with van der Waals surface area (Å²) in [5.41, 5.74) is 0.483. The Morgan fingerprint density at radius 2 is 1.92 bits per heavy atom. The number of nitrogens with zero attached hydrogens (tertiary/aromatic N) is 1. The monoisotopic (exact) mass is 182 g/mol. The zero-order chi connectivity index (χ0) is 8.97. The van der Waals surface area contributed by atoms with Crippen molar-refractivity contribution >= 4 is 22.6 Å². The molecule has 0 aliphatic rings. The number of halogens is 1. The molecule has 12 heavy (non-hydrogen) atoms. The average Bonchev–Trinajstić information content (AvgIpc) is 2.17. The summed E-state index contributed by atoms with van der Waals surface area (Å²) in [7, 11) is 0. The van der Waals surface area contributed by atoms with Gasteiger partial charge in [-0.25, -0.2) is 0 Å². The number of hydrogen-bond donors (Lipinski definition) is 1. The van der Waals surface area contributed by atoms with E-state index in [4.69, 9.17) is 17.4 Å². The lowest BCUT2D eigenvalue weighted by Crippen LogP contribution is -2.09. The molecule has 0 saturated carbocycles. The van der Waals surface area contributed by atoms with Crippen molar-refractivity contribution in [3.05, 3.63) is 35.9 Å². The molecule has 1 aromatic rings. The van der Waals surface area contributed by atoms with E-state index in [0.29, 0.717) is 5.56 Å². The van der Waals surface area contributed by atoms with E-state index in [1.165, 1.54) is 0 Å². The smallest absolute Gasteiger partial charge is 0.224 e. The Balaban J connectivity index is 2.94. The molecule has 62 valence electrons. The van der Waals surface area contributed by atoms with Gasteiger partial charge in [0, 0.05) is 5.56 Å². The van der Waals surface area contributed by atoms with Gasteiger partial charge >= 0.3 is 0 Å². The standard InChI is InChI=1S/C8H7ClN2O/c9-8(11-10)7(12)6-4-2-1-3-5-6/h1-5H,10H2/b11-8+. The molecule has 0 radical (unpaired) electrons. The summed E-state index contributed by atoms with van der Waals surface area (Å²) in [6.07, 6.45) is 0. The van der Waals surface area contributed by atoms with Gasteiger partial charge in [-0.1, -0.05) is 41.9 Å². The van der Waals surface area contributed by atoms with Crippen molar-refractivity contribution in [2.24, 2.45) is 10.9 Å². The van der Waals surface area contributed by atoms with Crippen LogP contribution in [-0.4, -0.2) is 11.0 Å². The number of hydrogen-bond acceptors (Lipinski definition) is 3. The molecule has 2 N–H and O–H groups in total. The number of carbonyl (C=O) groups excluding carboxylic acids is 1. The molecule has 3 nitrogen and oxygen atoms in total.